The normalized spacial score (nSPS) is 10.5. The third-order valence-electron chi connectivity index (χ3n) is 3.41. The Bertz CT molecular complexity index is 699. The highest BCUT2D eigenvalue weighted by Gasteiger charge is 2.21. The van der Waals surface area contributed by atoms with Gasteiger partial charge in [0.25, 0.3) is 0 Å². The minimum Gasteiger partial charge on any atom is -0.478 e. The van der Waals surface area contributed by atoms with Crippen LogP contribution in [0.2, 0.25) is 0 Å². The fourth-order valence-electron chi connectivity index (χ4n) is 2.20. The number of hydrogen-bond donors (Lipinski definition) is 1. The van der Waals surface area contributed by atoms with Gasteiger partial charge in [-0.25, -0.2) is 4.79 Å². The Morgan fingerprint density at radius 1 is 1.27 bits per heavy atom. The predicted molar refractivity (Wildman–Crippen MR) is 86.5 cm³/mol. The largest absolute Gasteiger partial charge is 0.478 e. The van der Waals surface area contributed by atoms with Crippen molar-refractivity contribution in [1.29, 1.82) is 0 Å². The molecule has 0 bridgehead atoms. The molecule has 5 nitrogen and oxygen atoms in total. The SMILES string of the molecule is C=Cc1ccc(-n2cc(C(=O)O)c(N(C=O)C(C)C)c2)cc1. The Morgan fingerprint density at radius 3 is 2.36 bits per heavy atom. The van der Waals surface area contributed by atoms with Gasteiger partial charge >= 0.3 is 5.97 Å². The van der Waals surface area contributed by atoms with Crippen LogP contribution in [0.25, 0.3) is 11.8 Å². The highest BCUT2D eigenvalue weighted by molar-refractivity contribution is 5.97. The molecule has 0 aliphatic heterocycles. The van der Waals surface area contributed by atoms with Crippen LogP contribution in [0, 0.1) is 0 Å². The lowest BCUT2D eigenvalue weighted by molar-refractivity contribution is -0.107. The van der Waals surface area contributed by atoms with Crippen LogP contribution in [0.4, 0.5) is 5.69 Å². The Balaban J connectivity index is 2.51. The van der Waals surface area contributed by atoms with Crippen molar-refractivity contribution >= 4 is 24.1 Å². The summed E-state index contributed by atoms with van der Waals surface area (Å²) >= 11 is 0. The summed E-state index contributed by atoms with van der Waals surface area (Å²) in [6.07, 6.45) is 5.55. The van der Waals surface area contributed by atoms with Crippen molar-refractivity contribution in [1.82, 2.24) is 4.57 Å². The fourth-order valence-corrected chi connectivity index (χ4v) is 2.20. The second-order valence-electron chi connectivity index (χ2n) is 5.17. The number of hydrogen-bond acceptors (Lipinski definition) is 2. The van der Waals surface area contributed by atoms with Gasteiger partial charge in [0.15, 0.2) is 0 Å². The molecule has 0 saturated carbocycles. The lowest BCUT2D eigenvalue weighted by Crippen LogP contribution is -2.29. The Kier molecular flexibility index (Phi) is 4.46. The zero-order valence-electron chi connectivity index (χ0n) is 12.6. The van der Waals surface area contributed by atoms with Crippen LogP contribution < -0.4 is 4.90 Å². The van der Waals surface area contributed by atoms with Crippen LogP contribution >= 0.6 is 0 Å². The maximum Gasteiger partial charge on any atom is 0.339 e. The van der Waals surface area contributed by atoms with Gasteiger partial charge in [-0.2, -0.15) is 0 Å². The Labute approximate surface area is 129 Å². The average molecular weight is 298 g/mol. The smallest absolute Gasteiger partial charge is 0.339 e. The van der Waals surface area contributed by atoms with Gasteiger partial charge in [0.1, 0.15) is 5.56 Å². The lowest BCUT2D eigenvalue weighted by atomic mass is 10.2. The van der Waals surface area contributed by atoms with E-state index in [0.29, 0.717) is 12.1 Å². The molecule has 1 N–H and O–H groups in total. The minimum atomic E-state index is -1.07. The molecular weight excluding hydrogens is 280 g/mol. The topological polar surface area (TPSA) is 62.5 Å². The first-order valence-electron chi connectivity index (χ1n) is 6.89. The summed E-state index contributed by atoms with van der Waals surface area (Å²) in [4.78, 5) is 24.1. The van der Waals surface area contributed by atoms with E-state index in [1.165, 1.54) is 11.1 Å². The van der Waals surface area contributed by atoms with Gasteiger partial charge < -0.3 is 14.6 Å². The van der Waals surface area contributed by atoms with Gasteiger partial charge in [-0.1, -0.05) is 24.8 Å². The number of rotatable bonds is 6. The standard InChI is InChI=1S/C17H18N2O3/c1-4-13-5-7-14(8-6-13)18-9-15(17(21)22)16(10-18)19(11-20)12(2)3/h4-12H,1H2,2-3H3,(H,21,22). The summed E-state index contributed by atoms with van der Waals surface area (Å²) in [6.45, 7) is 7.36. The molecule has 0 aliphatic carbocycles. The minimum absolute atomic E-state index is 0.0913. The van der Waals surface area contributed by atoms with Crippen LogP contribution in [0.3, 0.4) is 0 Å². The number of aromatic carboxylic acids is 1. The average Bonchev–Trinajstić information content (AvgIpc) is 2.93. The third-order valence-corrected chi connectivity index (χ3v) is 3.41. The third kappa shape index (κ3) is 2.93. The van der Waals surface area contributed by atoms with E-state index in [4.69, 9.17) is 0 Å². The molecule has 5 heteroatoms. The molecule has 22 heavy (non-hydrogen) atoms. The van der Waals surface area contributed by atoms with Crippen molar-refractivity contribution in [2.75, 3.05) is 4.90 Å². The van der Waals surface area contributed by atoms with Gasteiger partial charge in [0.2, 0.25) is 6.41 Å². The molecule has 1 aromatic carbocycles. The molecule has 1 amide bonds. The van der Waals surface area contributed by atoms with Gasteiger partial charge in [-0.05, 0) is 31.5 Å². The van der Waals surface area contributed by atoms with E-state index in [9.17, 15) is 14.7 Å². The summed E-state index contributed by atoms with van der Waals surface area (Å²) in [5.74, 6) is -1.07. The van der Waals surface area contributed by atoms with E-state index < -0.39 is 5.97 Å². The quantitative estimate of drug-likeness (QED) is 0.833. The van der Waals surface area contributed by atoms with E-state index in [1.807, 2.05) is 38.1 Å². The number of carbonyl (C=O) groups is 2. The number of anilines is 1. The molecule has 0 atom stereocenters. The van der Waals surface area contributed by atoms with E-state index in [1.54, 1.807) is 16.8 Å². The Hall–Kier alpha value is -2.82. The second kappa shape index (κ2) is 6.30. The number of nitrogens with zero attached hydrogens (tertiary/aromatic N) is 2. The van der Waals surface area contributed by atoms with Crippen LogP contribution in [0.5, 0.6) is 0 Å². The first-order chi connectivity index (χ1) is 10.5. The van der Waals surface area contributed by atoms with Gasteiger partial charge in [-0.15, -0.1) is 0 Å². The van der Waals surface area contributed by atoms with Crippen molar-refractivity contribution < 1.29 is 14.7 Å². The lowest BCUT2D eigenvalue weighted by Gasteiger charge is -2.21. The monoisotopic (exact) mass is 298 g/mol. The van der Waals surface area contributed by atoms with Crippen LogP contribution in [-0.2, 0) is 4.79 Å². The predicted octanol–water partition coefficient (Wildman–Crippen LogP) is 3.19. The van der Waals surface area contributed by atoms with Crippen LogP contribution in [-0.4, -0.2) is 28.1 Å². The van der Waals surface area contributed by atoms with E-state index in [-0.39, 0.29) is 11.6 Å². The number of aromatic nitrogens is 1. The maximum atomic E-state index is 11.4. The molecule has 1 aromatic heterocycles. The molecule has 0 aliphatic rings. The van der Waals surface area contributed by atoms with E-state index >= 15 is 0 Å². The summed E-state index contributed by atoms with van der Waals surface area (Å²) < 4.78 is 1.70. The van der Waals surface area contributed by atoms with Gasteiger partial charge in [-0.3, -0.25) is 4.79 Å². The number of carbonyl (C=O) groups excluding carboxylic acids is 1. The summed E-state index contributed by atoms with van der Waals surface area (Å²) in [5.41, 5.74) is 2.26. The van der Waals surface area contributed by atoms with E-state index in [0.717, 1.165) is 11.3 Å². The first kappa shape index (κ1) is 15.6. The van der Waals surface area contributed by atoms with Crippen molar-refractivity contribution in [3.63, 3.8) is 0 Å². The molecule has 2 aromatic rings. The molecule has 0 spiro atoms. The van der Waals surface area contributed by atoms with Crippen molar-refractivity contribution in [3.05, 3.63) is 54.4 Å². The molecule has 0 fully saturated rings. The molecule has 0 radical (unpaired) electrons. The molecular formula is C17H18N2O3. The zero-order valence-corrected chi connectivity index (χ0v) is 12.6. The van der Waals surface area contributed by atoms with Crippen LogP contribution in [0.15, 0.2) is 43.2 Å². The van der Waals surface area contributed by atoms with E-state index in [2.05, 4.69) is 6.58 Å². The van der Waals surface area contributed by atoms with Gasteiger partial charge in [0.05, 0.1) is 5.69 Å². The maximum absolute atomic E-state index is 11.4. The number of carboxylic acids is 1. The van der Waals surface area contributed by atoms with Crippen molar-refractivity contribution in [3.8, 4) is 5.69 Å². The van der Waals surface area contributed by atoms with Gasteiger partial charge in [0, 0.05) is 24.1 Å². The second-order valence-corrected chi connectivity index (χ2v) is 5.17. The number of carboxylic acid groups (broad SMARTS) is 1. The highest BCUT2D eigenvalue weighted by Crippen LogP contribution is 2.25. The van der Waals surface area contributed by atoms with Crippen LogP contribution in [0.1, 0.15) is 29.8 Å². The fraction of sp³-hybridized carbons (Fsp3) is 0.176. The number of benzene rings is 1. The molecule has 1 heterocycles. The summed E-state index contributed by atoms with van der Waals surface area (Å²) in [5, 5.41) is 9.37. The first-order valence-corrected chi connectivity index (χ1v) is 6.89. The highest BCUT2D eigenvalue weighted by atomic mass is 16.4. The Morgan fingerprint density at radius 2 is 1.91 bits per heavy atom. The zero-order chi connectivity index (χ0) is 16.3. The summed E-state index contributed by atoms with van der Waals surface area (Å²) in [6, 6.07) is 7.39. The molecule has 0 saturated heterocycles. The summed E-state index contributed by atoms with van der Waals surface area (Å²) in [7, 11) is 0. The van der Waals surface area contributed by atoms with Crippen molar-refractivity contribution in [2.45, 2.75) is 19.9 Å². The number of amides is 1. The molecule has 0 unspecified atom stereocenters. The van der Waals surface area contributed by atoms with Crippen molar-refractivity contribution in [2.24, 2.45) is 0 Å². The molecule has 114 valence electrons. The molecule has 2 rings (SSSR count).